The van der Waals surface area contributed by atoms with Gasteiger partial charge < -0.3 is 0 Å². The van der Waals surface area contributed by atoms with E-state index in [-0.39, 0.29) is 18.0 Å². The van der Waals surface area contributed by atoms with E-state index in [9.17, 15) is 8.78 Å². The highest BCUT2D eigenvalue weighted by molar-refractivity contribution is 5.24. The van der Waals surface area contributed by atoms with Crippen molar-refractivity contribution < 1.29 is 8.78 Å². The molecule has 0 bridgehead atoms. The molecule has 18 heavy (non-hydrogen) atoms. The van der Waals surface area contributed by atoms with E-state index in [2.05, 4.69) is 10.4 Å². The quantitative estimate of drug-likeness (QED) is 0.644. The Bertz CT molecular complexity index is 497. The number of hydrogen-bond donors (Lipinski definition) is 2. The first kappa shape index (κ1) is 12.6. The zero-order valence-electron chi connectivity index (χ0n) is 9.61. The molecular weight excluding hydrogens is 236 g/mol. The summed E-state index contributed by atoms with van der Waals surface area (Å²) in [5.74, 6) is 4.29. The largest absolute Gasteiger partial charge is 0.271 e. The predicted octanol–water partition coefficient (Wildman–Crippen LogP) is 2.11. The van der Waals surface area contributed by atoms with Gasteiger partial charge in [-0.3, -0.25) is 16.3 Å². The molecule has 1 atom stereocenters. The van der Waals surface area contributed by atoms with Gasteiger partial charge in [-0.2, -0.15) is 0 Å². The molecule has 0 amide bonds. The molecule has 1 aromatic carbocycles. The number of halogens is 2. The monoisotopic (exact) mass is 249 g/mol. The van der Waals surface area contributed by atoms with Gasteiger partial charge in [-0.25, -0.2) is 8.78 Å². The van der Waals surface area contributed by atoms with Gasteiger partial charge in [-0.05, 0) is 30.2 Å². The average molecular weight is 249 g/mol. The number of pyridine rings is 1. The summed E-state index contributed by atoms with van der Waals surface area (Å²) in [5.41, 5.74) is 3.35. The summed E-state index contributed by atoms with van der Waals surface area (Å²) in [5, 5.41) is 0. The molecule has 2 aromatic rings. The number of nitrogens with one attached hydrogen (secondary N) is 1. The van der Waals surface area contributed by atoms with E-state index in [0.717, 1.165) is 5.56 Å². The van der Waals surface area contributed by atoms with Crippen molar-refractivity contribution in [2.75, 3.05) is 0 Å². The van der Waals surface area contributed by atoms with Crippen molar-refractivity contribution in [1.82, 2.24) is 10.4 Å². The first-order valence-corrected chi connectivity index (χ1v) is 5.51. The number of nitrogens with zero attached hydrogens (tertiary/aromatic N) is 1. The van der Waals surface area contributed by atoms with Gasteiger partial charge in [-0.15, -0.1) is 0 Å². The molecule has 3 N–H and O–H groups in total. The van der Waals surface area contributed by atoms with E-state index in [1.807, 2.05) is 0 Å². The van der Waals surface area contributed by atoms with Crippen LogP contribution in [0, 0.1) is 11.6 Å². The third kappa shape index (κ3) is 2.69. The number of aromatic nitrogens is 1. The highest BCUT2D eigenvalue weighted by atomic mass is 19.1. The van der Waals surface area contributed by atoms with Crippen molar-refractivity contribution in [2.24, 2.45) is 5.84 Å². The van der Waals surface area contributed by atoms with Crippen LogP contribution in [0.25, 0.3) is 0 Å². The standard InChI is InChI=1S/C13H13F2N3/c14-11-4-1-5-12(15)10(11)7-13(18-16)9-3-2-6-17-8-9/h1-6,8,13,18H,7,16H2. The normalized spacial score (nSPS) is 12.4. The smallest absolute Gasteiger partial charge is 0.129 e. The Kier molecular flexibility index (Phi) is 3.96. The van der Waals surface area contributed by atoms with Crippen LogP contribution in [0.1, 0.15) is 17.2 Å². The van der Waals surface area contributed by atoms with Crippen LogP contribution >= 0.6 is 0 Å². The predicted molar refractivity (Wildman–Crippen MR) is 64.4 cm³/mol. The average Bonchev–Trinajstić information content (AvgIpc) is 2.40. The minimum absolute atomic E-state index is 0.0179. The van der Waals surface area contributed by atoms with Crippen molar-refractivity contribution in [1.29, 1.82) is 0 Å². The highest BCUT2D eigenvalue weighted by Gasteiger charge is 2.16. The van der Waals surface area contributed by atoms with Crippen LogP contribution < -0.4 is 11.3 Å². The number of nitrogens with two attached hydrogens (primary N) is 1. The fourth-order valence-corrected chi connectivity index (χ4v) is 1.79. The Hall–Kier alpha value is -1.85. The van der Waals surface area contributed by atoms with Crippen LogP contribution in [0.15, 0.2) is 42.7 Å². The molecule has 0 spiro atoms. The summed E-state index contributed by atoms with van der Waals surface area (Å²) >= 11 is 0. The number of benzene rings is 1. The SMILES string of the molecule is NNC(Cc1c(F)cccc1F)c1cccnc1. The Morgan fingerprint density at radius 1 is 1.17 bits per heavy atom. The lowest BCUT2D eigenvalue weighted by atomic mass is 10.00. The highest BCUT2D eigenvalue weighted by Crippen LogP contribution is 2.21. The molecule has 1 heterocycles. The summed E-state index contributed by atoms with van der Waals surface area (Å²) in [7, 11) is 0. The minimum atomic E-state index is -0.570. The van der Waals surface area contributed by atoms with Gasteiger partial charge >= 0.3 is 0 Å². The zero-order valence-corrected chi connectivity index (χ0v) is 9.61. The summed E-state index contributed by atoms with van der Waals surface area (Å²) < 4.78 is 27.1. The number of hydrazine groups is 1. The molecule has 0 saturated carbocycles. The summed E-state index contributed by atoms with van der Waals surface area (Å²) in [6.07, 6.45) is 3.37. The van der Waals surface area contributed by atoms with Crippen LogP contribution in [0.2, 0.25) is 0 Å². The van der Waals surface area contributed by atoms with E-state index in [4.69, 9.17) is 5.84 Å². The van der Waals surface area contributed by atoms with Gasteiger partial charge in [0.15, 0.2) is 0 Å². The molecule has 1 aromatic heterocycles. The molecule has 0 aliphatic heterocycles. The summed E-state index contributed by atoms with van der Waals surface area (Å²) in [6, 6.07) is 6.96. The fraction of sp³-hybridized carbons (Fsp3) is 0.154. The topological polar surface area (TPSA) is 50.9 Å². The second kappa shape index (κ2) is 5.66. The van der Waals surface area contributed by atoms with Crippen molar-refractivity contribution >= 4 is 0 Å². The van der Waals surface area contributed by atoms with Gasteiger partial charge in [0.1, 0.15) is 11.6 Å². The van der Waals surface area contributed by atoms with E-state index in [1.165, 1.54) is 18.2 Å². The summed E-state index contributed by atoms with van der Waals surface area (Å²) in [6.45, 7) is 0. The van der Waals surface area contributed by atoms with Gasteiger partial charge in [0.2, 0.25) is 0 Å². The molecule has 0 saturated heterocycles. The molecule has 0 aliphatic carbocycles. The molecule has 5 heteroatoms. The molecule has 94 valence electrons. The van der Waals surface area contributed by atoms with Crippen LogP contribution in [-0.4, -0.2) is 4.98 Å². The van der Waals surface area contributed by atoms with Gasteiger partial charge in [0.25, 0.3) is 0 Å². The van der Waals surface area contributed by atoms with Crippen LogP contribution in [0.3, 0.4) is 0 Å². The summed E-state index contributed by atoms with van der Waals surface area (Å²) in [4.78, 5) is 3.96. The van der Waals surface area contributed by atoms with Crippen LogP contribution in [0.4, 0.5) is 8.78 Å². The first-order chi connectivity index (χ1) is 8.72. The molecule has 2 rings (SSSR count). The third-order valence-electron chi connectivity index (χ3n) is 2.76. The van der Waals surface area contributed by atoms with E-state index < -0.39 is 11.6 Å². The maximum absolute atomic E-state index is 13.5. The number of rotatable bonds is 4. The Morgan fingerprint density at radius 3 is 2.44 bits per heavy atom. The van der Waals surface area contributed by atoms with Crippen molar-refractivity contribution in [3.63, 3.8) is 0 Å². The molecule has 3 nitrogen and oxygen atoms in total. The van der Waals surface area contributed by atoms with Crippen LogP contribution in [-0.2, 0) is 6.42 Å². The lowest BCUT2D eigenvalue weighted by Gasteiger charge is -2.16. The fourth-order valence-electron chi connectivity index (χ4n) is 1.79. The van der Waals surface area contributed by atoms with E-state index in [0.29, 0.717) is 0 Å². The lowest BCUT2D eigenvalue weighted by molar-refractivity contribution is 0.499. The second-order valence-electron chi connectivity index (χ2n) is 3.91. The minimum Gasteiger partial charge on any atom is -0.271 e. The van der Waals surface area contributed by atoms with Gasteiger partial charge in [0.05, 0.1) is 6.04 Å². The van der Waals surface area contributed by atoms with Gasteiger partial charge in [0, 0.05) is 18.0 Å². The van der Waals surface area contributed by atoms with Crippen molar-refractivity contribution in [3.05, 3.63) is 65.5 Å². The number of hydrogen-bond acceptors (Lipinski definition) is 3. The van der Waals surface area contributed by atoms with E-state index in [1.54, 1.807) is 24.5 Å². The first-order valence-electron chi connectivity index (χ1n) is 5.51. The second-order valence-corrected chi connectivity index (χ2v) is 3.91. The molecule has 0 radical (unpaired) electrons. The van der Waals surface area contributed by atoms with E-state index >= 15 is 0 Å². The molecule has 1 unspecified atom stereocenters. The maximum atomic E-state index is 13.5. The lowest BCUT2D eigenvalue weighted by Crippen LogP contribution is -2.30. The van der Waals surface area contributed by atoms with Crippen molar-refractivity contribution in [3.8, 4) is 0 Å². The zero-order chi connectivity index (χ0) is 13.0. The Labute approximate surface area is 104 Å². The Balaban J connectivity index is 2.26. The third-order valence-corrected chi connectivity index (χ3v) is 2.76. The Morgan fingerprint density at radius 2 is 1.89 bits per heavy atom. The maximum Gasteiger partial charge on any atom is 0.129 e. The molecule has 0 fully saturated rings. The molecule has 0 aliphatic rings. The van der Waals surface area contributed by atoms with Gasteiger partial charge in [-0.1, -0.05) is 12.1 Å². The molecular formula is C13H13F2N3. The van der Waals surface area contributed by atoms with Crippen molar-refractivity contribution in [2.45, 2.75) is 12.5 Å². The van der Waals surface area contributed by atoms with Crippen LogP contribution in [0.5, 0.6) is 0 Å².